The summed E-state index contributed by atoms with van der Waals surface area (Å²) >= 11 is 0. The van der Waals surface area contributed by atoms with Crippen molar-refractivity contribution in [3.8, 4) is 5.88 Å². The highest BCUT2D eigenvalue weighted by Gasteiger charge is 2.07. The van der Waals surface area contributed by atoms with Crippen LogP contribution in [0.5, 0.6) is 5.88 Å². The Balaban J connectivity index is 2.36. The van der Waals surface area contributed by atoms with Gasteiger partial charge < -0.3 is 10.1 Å². The number of hydrogen-bond donors (Lipinski definition) is 1. The Labute approximate surface area is 117 Å². The number of hydrogen-bond acceptors (Lipinski definition) is 4. The molecule has 0 saturated heterocycles. The molecule has 0 amide bonds. The van der Waals surface area contributed by atoms with E-state index in [4.69, 9.17) is 4.74 Å². The maximum absolute atomic E-state index is 5.75. The van der Waals surface area contributed by atoms with E-state index in [-0.39, 0.29) is 0 Å². The van der Waals surface area contributed by atoms with Gasteiger partial charge in [0.2, 0.25) is 5.88 Å². The molecule has 4 nitrogen and oxygen atoms in total. The van der Waals surface area contributed by atoms with Gasteiger partial charge in [0.25, 0.3) is 0 Å². The molecule has 0 aliphatic carbocycles. The third-order valence-electron chi connectivity index (χ3n) is 3.07. The van der Waals surface area contributed by atoms with Crippen LogP contribution in [-0.2, 0) is 0 Å². The van der Waals surface area contributed by atoms with Crippen LogP contribution in [0.1, 0.15) is 57.9 Å². The first kappa shape index (κ1) is 15.7. The molecule has 0 aromatic carbocycles. The van der Waals surface area contributed by atoms with Gasteiger partial charge in [0.15, 0.2) is 0 Å². The Hall–Kier alpha value is -1.32. The molecule has 0 saturated carbocycles. The van der Waals surface area contributed by atoms with Crippen LogP contribution in [0.4, 0.5) is 5.82 Å². The lowest BCUT2D eigenvalue weighted by molar-refractivity contribution is 0.291. The van der Waals surface area contributed by atoms with E-state index in [1.807, 2.05) is 6.92 Å². The second kappa shape index (κ2) is 9.59. The molecule has 4 heteroatoms. The molecule has 1 aromatic rings. The second-order valence-corrected chi connectivity index (χ2v) is 4.84. The molecule has 1 heterocycles. The number of nitrogens with zero attached hydrogens (tertiary/aromatic N) is 2. The molecule has 1 rings (SSSR count). The van der Waals surface area contributed by atoms with Crippen molar-refractivity contribution in [2.75, 3.05) is 18.5 Å². The second-order valence-electron chi connectivity index (χ2n) is 4.84. The third-order valence-corrected chi connectivity index (χ3v) is 3.07. The fraction of sp³-hybridized carbons (Fsp3) is 0.733. The fourth-order valence-corrected chi connectivity index (χ4v) is 1.88. The largest absolute Gasteiger partial charge is 0.477 e. The molecule has 1 N–H and O–H groups in total. The highest BCUT2D eigenvalue weighted by atomic mass is 16.5. The molecule has 0 spiro atoms. The third kappa shape index (κ3) is 5.90. The molecule has 0 aliphatic rings. The molecule has 0 radical (unpaired) electrons. The maximum Gasteiger partial charge on any atom is 0.221 e. The van der Waals surface area contributed by atoms with Gasteiger partial charge in [-0.25, -0.2) is 9.97 Å². The summed E-state index contributed by atoms with van der Waals surface area (Å²) in [5, 5.41) is 3.29. The van der Waals surface area contributed by atoms with E-state index in [2.05, 4.69) is 29.1 Å². The van der Waals surface area contributed by atoms with Gasteiger partial charge >= 0.3 is 0 Å². The minimum Gasteiger partial charge on any atom is -0.477 e. The van der Waals surface area contributed by atoms with Gasteiger partial charge in [-0.1, -0.05) is 39.5 Å². The molecule has 0 bridgehead atoms. The molecular formula is C15H27N3O. The Morgan fingerprint density at radius 3 is 2.58 bits per heavy atom. The zero-order chi connectivity index (χ0) is 13.9. The van der Waals surface area contributed by atoms with Crippen molar-refractivity contribution < 1.29 is 4.74 Å². The van der Waals surface area contributed by atoms with Gasteiger partial charge in [-0.3, -0.25) is 0 Å². The van der Waals surface area contributed by atoms with Crippen molar-refractivity contribution in [1.82, 2.24) is 9.97 Å². The van der Waals surface area contributed by atoms with Gasteiger partial charge in [0.05, 0.1) is 12.2 Å². The predicted octanol–water partition coefficient (Wildman–Crippen LogP) is 3.96. The van der Waals surface area contributed by atoms with Crippen LogP contribution in [0.25, 0.3) is 0 Å². The van der Waals surface area contributed by atoms with Crippen LogP contribution in [0, 0.1) is 6.92 Å². The van der Waals surface area contributed by atoms with E-state index in [1.54, 1.807) is 6.33 Å². The number of aromatic nitrogens is 2. The summed E-state index contributed by atoms with van der Waals surface area (Å²) in [6, 6.07) is 0. The zero-order valence-corrected chi connectivity index (χ0v) is 12.5. The van der Waals surface area contributed by atoms with Crippen LogP contribution >= 0.6 is 0 Å². The summed E-state index contributed by atoms with van der Waals surface area (Å²) in [6.45, 7) is 8.04. The lowest BCUT2D eigenvalue weighted by Gasteiger charge is -2.11. The summed E-state index contributed by atoms with van der Waals surface area (Å²) in [7, 11) is 0. The van der Waals surface area contributed by atoms with Crippen molar-refractivity contribution in [3.05, 3.63) is 11.9 Å². The van der Waals surface area contributed by atoms with E-state index in [9.17, 15) is 0 Å². The molecule has 0 fully saturated rings. The van der Waals surface area contributed by atoms with Crippen LogP contribution in [0.2, 0.25) is 0 Å². The monoisotopic (exact) mass is 265 g/mol. The number of anilines is 1. The highest BCUT2D eigenvalue weighted by molar-refractivity contribution is 5.47. The maximum atomic E-state index is 5.75. The normalized spacial score (nSPS) is 10.5. The van der Waals surface area contributed by atoms with E-state index < -0.39 is 0 Å². The van der Waals surface area contributed by atoms with Crippen molar-refractivity contribution in [2.45, 2.75) is 59.3 Å². The lowest BCUT2D eigenvalue weighted by Crippen LogP contribution is -2.07. The first-order valence-electron chi connectivity index (χ1n) is 7.47. The van der Waals surface area contributed by atoms with Crippen molar-refractivity contribution in [1.29, 1.82) is 0 Å². The Bertz CT molecular complexity index is 355. The van der Waals surface area contributed by atoms with Crippen molar-refractivity contribution in [3.63, 3.8) is 0 Å². The summed E-state index contributed by atoms with van der Waals surface area (Å²) in [5.41, 5.74) is 1.00. The van der Waals surface area contributed by atoms with Gasteiger partial charge in [0, 0.05) is 6.54 Å². The molecule has 0 aliphatic heterocycles. The molecule has 1 aromatic heterocycles. The summed E-state index contributed by atoms with van der Waals surface area (Å²) in [6.07, 6.45) is 8.87. The number of unbranched alkanes of at least 4 members (excludes halogenated alkanes) is 4. The molecule has 0 unspecified atom stereocenters. The molecular weight excluding hydrogens is 238 g/mol. The van der Waals surface area contributed by atoms with E-state index in [0.29, 0.717) is 5.88 Å². The van der Waals surface area contributed by atoms with Gasteiger partial charge in [-0.2, -0.15) is 0 Å². The quantitative estimate of drug-likeness (QED) is 0.651. The van der Waals surface area contributed by atoms with E-state index >= 15 is 0 Å². The lowest BCUT2D eigenvalue weighted by atomic mass is 10.2. The van der Waals surface area contributed by atoms with Gasteiger partial charge in [-0.15, -0.1) is 0 Å². The van der Waals surface area contributed by atoms with Crippen molar-refractivity contribution >= 4 is 5.82 Å². The average Bonchev–Trinajstić information content (AvgIpc) is 2.43. The Morgan fingerprint density at radius 2 is 1.84 bits per heavy atom. The zero-order valence-electron chi connectivity index (χ0n) is 12.5. The molecule has 0 atom stereocenters. The first-order valence-corrected chi connectivity index (χ1v) is 7.47. The molecule has 108 valence electrons. The molecule has 19 heavy (non-hydrogen) atoms. The Morgan fingerprint density at radius 1 is 1.05 bits per heavy atom. The first-order chi connectivity index (χ1) is 9.29. The summed E-state index contributed by atoms with van der Waals surface area (Å²) in [5.74, 6) is 1.60. The van der Waals surface area contributed by atoms with Crippen LogP contribution < -0.4 is 10.1 Å². The number of rotatable bonds is 10. The SMILES string of the molecule is CCCCCCCOc1ncnc(NCCC)c1C. The smallest absolute Gasteiger partial charge is 0.221 e. The van der Waals surface area contributed by atoms with Gasteiger partial charge in [0.1, 0.15) is 12.1 Å². The Kier molecular flexibility index (Phi) is 7.94. The minimum absolute atomic E-state index is 0.712. The summed E-state index contributed by atoms with van der Waals surface area (Å²) < 4.78 is 5.75. The van der Waals surface area contributed by atoms with E-state index in [0.717, 1.165) is 37.4 Å². The fourth-order valence-electron chi connectivity index (χ4n) is 1.88. The van der Waals surface area contributed by atoms with E-state index in [1.165, 1.54) is 25.7 Å². The predicted molar refractivity (Wildman–Crippen MR) is 79.8 cm³/mol. The summed E-state index contributed by atoms with van der Waals surface area (Å²) in [4.78, 5) is 8.45. The van der Waals surface area contributed by atoms with Crippen molar-refractivity contribution in [2.24, 2.45) is 0 Å². The average molecular weight is 265 g/mol. The number of nitrogens with one attached hydrogen (secondary N) is 1. The standard InChI is InChI=1S/C15H27N3O/c1-4-6-7-8-9-11-19-15-13(3)14(16-10-5-2)17-12-18-15/h12H,4-11H2,1-3H3,(H,16,17,18). The number of ether oxygens (including phenoxy) is 1. The minimum atomic E-state index is 0.712. The highest BCUT2D eigenvalue weighted by Crippen LogP contribution is 2.20. The van der Waals surface area contributed by atoms with Gasteiger partial charge in [-0.05, 0) is 19.8 Å². The topological polar surface area (TPSA) is 47.0 Å². The van der Waals surface area contributed by atoms with Crippen LogP contribution in [-0.4, -0.2) is 23.1 Å². The van der Waals surface area contributed by atoms with Crippen LogP contribution in [0.3, 0.4) is 0 Å². The van der Waals surface area contributed by atoms with Crippen LogP contribution in [0.15, 0.2) is 6.33 Å².